The van der Waals surface area contributed by atoms with Crippen LogP contribution in [0.15, 0.2) is 35.4 Å². The van der Waals surface area contributed by atoms with Crippen molar-refractivity contribution in [3.05, 3.63) is 51.7 Å². The van der Waals surface area contributed by atoms with E-state index < -0.39 is 0 Å². The van der Waals surface area contributed by atoms with Gasteiger partial charge in [-0.15, -0.1) is 10.2 Å². The zero-order valence-electron chi connectivity index (χ0n) is 14.1. The summed E-state index contributed by atoms with van der Waals surface area (Å²) >= 11 is 6.01. The molecule has 1 aromatic carbocycles. The Morgan fingerprint density at radius 1 is 1.15 bits per heavy atom. The highest BCUT2D eigenvalue weighted by atomic mass is 35.5. The molecular weight excluding hydrogens is 352 g/mol. The molecule has 1 aliphatic carbocycles. The number of benzene rings is 1. The van der Waals surface area contributed by atoms with Crippen molar-refractivity contribution in [2.45, 2.75) is 32.2 Å². The summed E-state index contributed by atoms with van der Waals surface area (Å²) in [4.78, 5) is 17.2. The smallest absolute Gasteiger partial charge is 0.283 e. The van der Waals surface area contributed by atoms with E-state index in [1.165, 1.54) is 0 Å². The van der Waals surface area contributed by atoms with Crippen molar-refractivity contribution in [3.63, 3.8) is 0 Å². The molecule has 0 atom stereocenters. The Hall–Kier alpha value is -2.80. The van der Waals surface area contributed by atoms with Crippen LogP contribution in [0.4, 0.5) is 0 Å². The molecular formula is C18H15ClN6O. The Kier molecular flexibility index (Phi) is 3.33. The van der Waals surface area contributed by atoms with Crippen molar-refractivity contribution in [3.8, 4) is 11.1 Å². The van der Waals surface area contributed by atoms with Gasteiger partial charge in [-0.05, 0) is 37.0 Å². The molecule has 0 unspecified atom stereocenters. The van der Waals surface area contributed by atoms with E-state index in [1.807, 2.05) is 31.2 Å². The molecule has 7 nitrogen and oxygen atoms in total. The second kappa shape index (κ2) is 5.60. The maximum Gasteiger partial charge on any atom is 0.283 e. The third-order valence-electron chi connectivity index (χ3n) is 4.74. The zero-order chi connectivity index (χ0) is 17.8. The van der Waals surface area contributed by atoms with Crippen LogP contribution in [0.1, 0.15) is 31.5 Å². The monoisotopic (exact) mass is 366 g/mol. The summed E-state index contributed by atoms with van der Waals surface area (Å²) in [5, 5.41) is 13.8. The highest BCUT2D eigenvalue weighted by Crippen LogP contribution is 2.33. The minimum atomic E-state index is -0.159. The van der Waals surface area contributed by atoms with Crippen LogP contribution < -0.4 is 5.56 Å². The number of aromatic nitrogens is 6. The van der Waals surface area contributed by atoms with E-state index >= 15 is 0 Å². The Labute approximate surface area is 153 Å². The van der Waals surface area contributed by atoms with Gasteiger partial charge in [0.1, 0.15) is 6.33 Å². The summed E-state index contributed by atoms with van der Waals surface area (Å²) in [6.07, 6.45) is 4.33. The van der Waals surface area contributed by atoms with Gasteiger partial charge < -0.3 is 0 Å². The fraction of sp³-hybridized carbons (Fsp3) is 0.278. The van der Waals surface area contributed by atoms with Crippen molar-refractivity contribution in [1.29, 1.82) is 0 Å². The predicted molar refractivity (Wildman–Crippen MR) is 98.4 cm³/mol. The fourth-order valence-electron chi connectivity index (χ4n) is 3.25. The Bertz CT molecular complexity index is 1210. The van der Waals surface area contributed by atoms with Gasteiger partial charge in [0, 0.05) is 11.1 Å². The van der Waals surface area contributed by atoms with Crippen LogP contribution in [0.2, 0.25) is 5.02 Å². The average molecular weight is 367 g/mol. The first-order valence-electron chi connectivity index (χ1n) is 8.58. The van der Waals surface area contributed by atoms with E-state index in [1.54, 1.807) is 15.4 Å². The SMILES string of the molecule is CCc1nn2c(nnc3c(=O)n(C4CC4)cnc32)c1-c1ccc(Cl)cc1. The number of fused-ring (bicyclic) bond motifs is 3. The fourth-order valence-corrected chi connectivity index (χ4v) is 3.38. The van der Waals surface area contributed by atoms with Crippen molar-refractivity contribution in [2.24, 2.45) is 0 Å². The van der Waals surface area contributed by atoms with Crippen LogP contribution in [0.25, 0.3) is 27.9 Å². The molecule has 8 heteroatoms. The summed E-state index contributed by atoms with van der Waals surface area (Å²) in [5.74, 6) is 0. The van der Waals surface area contributed by atoms with Crippen LogP contribution in [-0.2, 0) is 6.42 Å². The van der Waals surface area contributed by atoms with Gasteiger partial charge in [-0.2, -0.15) is 9.61 Å². The van der Waals surface area contributed by atoms with Gasteiger partial charge in [0.15, 0.2) is 16.8 Å². The predicted octanol–water partition coefficient (Wildman–Crippen LogP) is 3.05. The standard InChI is InChI=1S/C18H15ClN6O/c1-2-13-14(10-3-5-11(19)6-4-10)16-22-21-15-17(25(16)23-13)20-9-24(18(15)26)12-7-8-12/h3-6,9,12H,2,7-8H2,1H3. The van der Waals surface area contributed by atoms with Gasteiger partial charge in [-0.3, -0.25) is 9.36 Å². The van der Waals surface area contributed by atoms with Crippen LogP contribution in [0.3, 0.4) is 0 Å². The second-order valence-electron chi connectivity index (χ2n) is 6.48. The molecule has 1 saturated carbocycles. The highest BCUT2D eigenvalue weighted by molar-refractivity contribution is 6.30. The van der Waals surface area contributed by atoms with Gasteiger partial charge >= 0.3 is 0 Å². The maximum absolute atomic E-state index is 12.7. The molecule has 0 amide bonds. The van der Waals surface area contributed by atoms with Crippen LogP contribution in [0, 0.1) is 0 Å². The van der Waals surface area contributed by atoms with Crippen LogP contribution in [-0.4, -0.2) is 29.4 Å². The number of hydrogen-bond acceptors (Lipinski definition) is 5. The van der Waals surface area contributed by atoms with E-state index in [2.05, 4.69) is 20.3 Å². The first-order valence-corrected chi connectivity index (χ1v) is 8.96. The Morgan fingerprint density at radius 3 is 2.62 bits per heavy atom. The summed E-state index contributed by atoms with van der Waals surface area (Å²) in [6, 6.07) is 7.78. The first kappa shape index (κ1) is 15.5. The van der Waals surface area contributed by atoms with E-state index in [4.69, 9.17) is 11.6 Å². The minimum absolute atomic E-state index is 0.159. The average Bonchev–Trinajstić information content (AvgIpc) is 3.42. The lowest BCUT2D eigenvalue weighted by molar-refractivity contribution is 0.690. The lowest BCUT2D eigenvalue weighted by Gasteiger charge is -2.05. The van der Waals surface area contributed by atoms with Crippen molar-refractivity contribution < 1.29 is 0 Å². The summed E-state index contributed by atoms with van der Waals surface area (Å²) in [5.41, 5.74) is 3.85. The van der Waals surface area contributed by atoms with E-state index in [0.717, 1.165) is 36.1 Å². The molecule has 1 fully saturated rings. The first-order chi connectivity index (χ1) is 12.7. The molecule has 0 radical (unpaired) electrons. The zero-order valence-corrected chi connectivity index (χ0v) is 14.8. The molecule has 0 aliphatic heterocycles. The lowest BCUT2D eigenvalue weighted by Crippen LogP contribution is -2.22. The van der Waals surface area contributed by atoms with Gasteiger partial charge in [0.25, 0.3) is 5.56 Å². The molecule has 130 valence electrons. The molecule has 4 aromatic rings. The van der Waals surface area contributed by atoms with Crippen molar-refractivity contribution in [1.82, 2.24) is 29.4 Å². The molecule has 3 heterocycles. The summed E-state index contributed by atoms with van der Waals surface area (Å²) < 4.78 is 3.27. The van der Waals surface area contributed by atoms with E-state index in [0.29, 0.717) is 16.3 Å². The normalized spacial score (nSPS) is 14.4. The molecule has 26 heavy (non-hydrogen) atoms. The van der Waals surface area contributed by atoms with Gasteiger partial charge in [0.05, 0.1) is 11.3 Å². The van der Waals surface area contributed by atoms with Gasteiger partial charge in [-0.25, -0.2) is 4.98 Å². The molecule has 3 aromatic heterocycles. The van der Waals surface area contributed by atoms with Crippen molar-refractivity contribution >= 4 is 28.4 Å². The third kappa shape index (κ3) is 2.24. The van der Waals surface area contributed by atoms with Crippen LogP contribution >= 0.6 is 11.6 Å². The molecule has 0 N–H and O–H groups in total. The molecule has 5 rings (SSSR count). The Morgan fingerprint density at radius 2 is 1.92 bits per heavy atom. The third-order valence-corrected chi connectivity index (χ3v) is 4.99. The van der Waals surface area contributed by atoms with Gasteiger partial charge in [-0.1, -0.05) is 30.7 Å². The Balaban J connectivity index is 1.81. The summed E-state index contributed by atoms with van der Waals surface area (Å²) in [6.45, 7) is 2.03. The minimum Gasteiger partial charge on any atom is -0.294 e. The number of hydrogen-bond donors (Lipinski definition) is 0. The molecule has 0 saturated heterocycles. The van der Waals surface area contributed by atoms with Crippen molar-refractivity contribution in [2.75, 3.05) is 0 Å². The number of rotatable bonds is 3. The highest BCUT2D eigenvalue weighted by Gasteiger charge is 2.26. The number of halogens is 1. The topological polar surface area (TPSA) is 78.0 Å². The lowest BCUT2D eigenvalue weighted by atomic mass is 10.0. The number of aryl methyl sites for hydroxylation is 1. The van der Waals surface area contributed by atoms with Crippen LogP contribution in [0.5, 0.6) is 0 Å². The molecule has 0 spiro atoms. The van der Waals surface area contributed by atoms with Gasteiger partial charge in [0.2, 0.25) is 0 Å². The molecule has 1 aliphatic rings. The summed E-state index contributed by atoms with van der Waals surface area (Å²) in [7, 11) is 0. The number of nitrogens with zero attached hydrogens (tertiary/aromatic N) is 6. The second-order valence-corrected chi connectivity index (χ2v) is 6.91. The quantitative estimate of drug-likeness (QED) is 0.557. The van der Waals surface area contributed by atoms with E-state index in [9.17, 15) is 4.79 Å². The largest absolute Gasteiger partial charge is 0.294 e. The van der Waals surface area contributed by atoms with E-state index in [-0.39, 0.29) is 17.1 Å². The maximum atomic E-state index is 12.7. The molecule has 0 bridgehead atoms.